The van der Waals surface area contributed by atoms with Crippen molar-refractivity contribution in [3.05, 3.63) is 53.1 Å². The number of hydrogen-bond donors (Lipinski definition) is 1. The summed E-state index contributed by atoms with van der Waals surface area (Å²) in [5.41, 5.74) is 0.299. The Morgan fingerprint density at radius 1 is 1.15 bits per heavy atom. The van der Waals surface area contributed by atoms with E-state index in [0.29, 0.717) is 11.8 Å². The molecule has 140 valence electrons. The number of nitrogens with one attached hydrogen (secondary N) is 1. The molecule has 0 aliphatic rings. The summed E-state index contributed by atoms with van der Waals surface area (Å²) in [6, 6.07) is 9.56. The zero-order chi connectivity index (χ0) is 19.5. The number of alkyl halides is 3. The SMILES string of the molecule is CS(=O)(=O)c1ccc(C(=O)Nc2cccc(Cl)c2SCC(F)(F)F)cc1. The highest BCUT2D eigenvalue weighted by Gasteiger charge is 2.28. The van der Waals surface area contributed by atoms with Gasteiger partial charge in [-0.1, -0.05) is 17.7 Å². The second kappa shape index (κ2) is 7.89. The molecule has 10 heteroatoms. The van der Waals surface area contributed by atoms with Gasteiger partial charge in [0, 0.05) is 16.7 Å². The van der Waals surface area contributed by atoms with E-state index in [4.69, 9.17) is 11.6 Å². The van der Waals surface area contributed by atoms with Gasteiger partial charge in [0.2, 0.25) is 0 Å². The summed E-state index contributed by atoms with van der Waals surface area (Å²) in [5, 5.41) is 2.59. The molecule has 2 aromatic rings. The number of benzene rings is 2. The van der Waals surface area contributed by atoms with Gasteiger partial charge in [-0.25, -0.2) is 8.42 Å². The lowest BCUT2D eigenvalue weighted by atomic mass is 10.2. The van der Waals surface area contributed by atoms with Gasteiger partial charge in [-0.2, -0.15) is 13.2 Å². The Hall–Kier alpha value is -1.71. The molecule has 4 nitrogen and oxygen atoms in total. The van der Waals surface area contributed by atoms with Crippen LogP contribution >= 0.6 is 23.4 Å². The number of carbonyl (C=O) groups excluding carboxylic acids is 1. The van der Waals surface area contributed by atoms with E-state index in [1.807, 2.05) is 0 Å². The summed E-state index contributed by atoms with van der Waals surface area (Å²) in [7, 11) is -3.40. The lowest BCUT2D eigenvalue weighted by Crippen LogP contribution is -2.14. The van der Waals surface area contributed by atoms with Crippen LogP contribution in [0.1, 0.15) is 10.4 Å². The molecule has 0 aliphatic carbocycles. The van der Waals surface area contributed by atoms with Gasteiger partial charge in [-0.15, -0.1) is 11.8 Å². The van der Waals surface area contributed by atoms with Crippen LogP contribution in [0.3, 0.4) is 0 Å². The van der Waals surface area contributed by atoms with Crippen molar-refractivity contribution in [1.82, 2.24) is 0 Å². The molecule has 0 aromatic heterocycles. The standard InChI is InChI=1S/C16H13ClF3NO3S2/c1-26(23,24)11-7-5-10(6-8-11)15(22)21-13-4-2-3-12(17)14(13)25-9-16(18,19)20/h2-8H,9H2,1H3,(H,21,22). The summed E-state index contributed by atoms with van der Waals surface area (Å²) >= 11 is 6.43. The Kier molecular flexibility index (Phi) is 6.25. The second-order valence-electron chi connectivity index (χ2n) is 5.27. The molecule has 0 heterocycles. The highest BCUT2D eigenvalue weighted by molar-refractivity contribution is 7.99. The van der Waals surface area contributed by atoms with Crippen molar-refractivity contribution in [3.8, 4) is 0 Å². The van der Waals surface area contributed by atoms with Gasteiger partial charge in [0.25, 0.3) is 5.91 Å². The Morgan fingerprint density at radius 2 is 1.77 bits per heavy atom. The van der Waals surface area contributed by atoms with Crippen LogP contribution in [0, 0.1) is 0 Å². The molecule has 1 N–H and O–H groups in total. The first kappa shape index (κ1) is 20.6. The van der Waals surface area contributed by atoms with Crippen LogP contribution in [0.5, 0.6) is 0 Å². The molecule has 2 rings (SSSR count). The van der Waals surface area contributed by atoms with Gasteiger partial charge in [-0.3, -0.25) is 4.79 Å². The summed E-state index contributed by atoms with van der Waals surface area (Å²) in [5.74, 6) is -1.75. The van der Waals surface area contributed by atoms with E-state index in [1.165, 1.54) is 42.5 Å². The van der Waals surface area contributed by atoms with Crippen molar-refractivity contribution >= 4 is 44.8 Å². The molecule has 0 fully saturated rings. The summed E-state index contributed by atoms with van der Waals surface area (Å²) < 4.78 is 60.3. The van der Waals surface area contributed by atoms with E-state index in [0.717, 1.165) is 6.26 Å². The third-order valence-electron chi connectivity index (χ3n) is 3.14. The van der Waals surface area contributed by atoms with Crippen molar-refractivity contribution in [1.29, 1.82) is 0 Å². The molecule has 2 aromatic carbocycles. The molecule has 0 spiro atoms. The molecule has 0 unspecified atom stereocenters. The number of thioether (sulfide) groups is 1. The number of anilines is 1. The summed E-state index contributed by atoms with van der Waals surface area (Å²) in [4.78, 5) is 12.5. The number of amides is 1. The monoisotopic (exact) mass is 423 g/mol. The largest absolute Gasteiger partial charge is 0.398 e. The zero-order valence-electron chi connectivity index (χ0n) is 13.3. The number of hydrogen-bond acceptors (Lipinski definition) is 4. The van der Waals surface area contributed by atoms with Crippen LogP contribution in [0.2, 0.25) is 5.02 Å². The minimum atomic E-state index is -4.38. The van der Waals surface area contributed by atoms with Gasteiger partial charge in [0.1, 0.15) is 0 Å². The fourth-order valence-corrected chi connectivity index (χ4v) is 3.71. The van der Waals surface area contributed by atoms with Gasteiger partial charge in [0.15, 0.2) is 9.84 Å². The molecular weight excluding hydrogens is 411 g/mol. The van der Waals surface area contributed by atoms with Gasteiger partial charge < -0.3 is 5.32 Å². The predicted octanol–water partition coefficient (Wildman–Crippen LogP) is 4.65. The molecule has 0 aliphatic heterocycles. The normalized spacial score (nSPS) is 12.0. The van der Waals surface area contributed by atoms with Crippen molar-refractivity contribution in [3.63, 3.8) is 0 Å². The van der Waals surface area contributed by atoms with E-state index in [-0.39, 0.29) is 26.1 Å². The smallest absolute Gasteiger partial charge is 0.321 e. The Balaban J connectivity index is 2.22. The van der Waals surface area contributed by atoms with Crippen LogP contribution < -0.4 is 5.32 Å². The molecule has 0 radical (unpaired) electrons. The lowest BCUT2D eigenvalue weighted by molar-refractivity contribution is -0.105. The maximum absolute atomic E-state index is 12.5. The third kappa shape index (κ3) is 5.65. The van der Waals surface area contributed by atoms with E-state index in [1.54, 1.807) is 0 Å². The van der Waals surface area contributed by atoms with Crippen molar-refractivity contribution in [2.45, 2.75) is 16.0 Å². The molecule has 0 saturated heterocycles. The van der Waals surface area contributed by atoms with Crippen LogP contribution in [-0.4, -0.2) is 32.5 Å². The van der Waals surface area contributed by atoms with Crippen molar-refractivity contribution < 1.29 is 26.4 Å². The maximum Gasteiger partial charge on any atom is 0.398 e. The average Bonchev–Trinajstić information content (AvgIpc) is 2.52. The Labute approximate surface area is 157 Å². The summed E-state index contributed by atoms with van der Waals surface area (Å²) in [6.45, 7) is 0. The Morgan fingerprint density at radius 3 is 2.31 bits per heavy atom. The number of sulfone groups is 1. The van der Waals surface area contributed by atoms with E-state index >= 15 is 0 Å². The zero-order valence-corrected chi connectivity index (χ0v) is 15.7. The fraction of sp³-hybridized carbons (Fsp3) is 0.188. The highest BCUT2D eigenvalue weighted by Crippen LogP contribution is 2.37. The van der Waals surface area contributed by atoms with Crippen LogP contribution in [-0.2, 0) is 9.84 Å². The maximum atomic E-state index is 12.5. The third-order valence-corrected chi connectivity index (χ3v) is 5.90. The molecule has 0 atom stereocenters. The number of halogens is 4. The highest BCUT2D eigenvalue weighted by atomic mass is 35.5. The van der Waals surface area contributed by atoms with Crippen molar-refractivity contribution in [2.75, 3.05) is 17.3 Å². The first-order valence-electron chi connectivity index (χ1n) is 7.07. The van der Waals surface area contributed by atoms with Gasteiger partial charge in [-0.05, 0) is 36.4 Å². The van der Waals surface area contributed by atoms with Gasteiger partial charge >= 0.3 is 6.18 Å². The minimum absolute atomic E-state index is 0.0539. The molecule has 0 bridgehead atoms. The predicted molar refractivity (Wildman–Crippen MR) is 95.7 cm³/mol. The lowest BCUT2D eigenvalue weighted by Gasteiger charge is -2.13. The Bertz CT molecular complexity index is 913. The molecule has 26 heavy (non-hydrogen) atoms. The van der Waals surface area contributed by atoms with E-state index < -0.39 is 27.7 Å². The molecule has 1 amide bonds. The number of carbonyl (C=O) groups is 1. The van der Waals surface area contributed by atoms with Crippen LogP contribution in [0.25, 0.3) is 0 Å². The average molecular weight is 424 g/mol. The summed E-state index contributed by atoms with van der Waals surface area (Å²) in [6.07, 6.45) is -3.34. The number of rotatable bonds is 5. The molecular formula is C16H13ClF3NO3S2. The topological polar surface area (TPSA) is 63.2 Å². The molecule has 0 saturated carbocycles. The van der Waals surface area contributed by atoms with Gasteiger partial charge in [0.05, 0.1) is 21.4 Å². The van der Waals surface area contributed by atoms with E-state index in [2.05, 4.69) is 5.32 Å². The van der Waals surface area contributed by atoms with Crippen LogP contribution in [0.4, 0.5) is 18.9 Å². The second-order valence-corrected chi connectivity index (χ2v) is 8.68. The first-order valence-corrected chi connectivity index (χ1v) is 10.3. The first-order chi connectivity index (χ1) is 12.0. The van der Waals surface area contributed by atoms with Crippen LogP contribution in [0.15, 0.2) is 52.3 Å². The van der Waals surface area contributed by atoms with E-state index in [9.17, 15) is 26.4 Å². The fourth-order valence-electron chi connectivity index (χ4n) is 1.96. The van der Waals surface area contributed by atoms with Crippen molar-refractivity contribution in [2.24, 2.45) is 0 Å². The quantitative estimate of drug-likeness (QED) is 0.711. The minimum Gasteiger partial charge on any atom is -0.321 e.